The van der Waals surface area contributed by atoms with E-state index >= 15 is 0 Å². The van der Waals surface area contributed by atoms with Crippen molar-refractivity contribution >= 4 is 9.84 Å². The summed E-state index contributed by atoms with van der Waals surface area (Å²) in [5.74, 6) is 0.231. The van der Waals surface area contributed by atoms with Gasteiger partial charge in [0.2, 0.25) is 9.84 Å². The van der Waals surface area contributed by atoms with Crippen LogP contribution in [0.4, 0.5) is 4.39 Å². The van der Waals surface area contributed by atoms with Crippen molar-refractivity contribution in [3.63, 3.8) is 0 Å². The Labute approximate surface area is 151 Å². The van der Waals surface area contributed by atoms with Crippen molar-refractivity contribution in [3.05, 3.63) is 48.3 Å². The van der Waals surface area contributed by atoms with Crippen molar-refractivity contribution in [2.75, 3.05) is 33.4 Å². The molecule has 0 fully saturated rings. The van der Waals surface area contributed by atoms with Crippen LogP contribution in [-0.4, -0.2) is 47.9 Å². The van der Waals surface area contributed by atoms with E-state index in [1.54, 1.807) is 13.2 Å². The number of sulfone groups is 1. The number of nitrogens with one attached hydrogen (secondary N) is 1. The van der Waals surface area contributed by atoms with Crippen LogP contribution in [0.3, 0.4) is 0 Å². The minimum Gasteiger partial charge on any atom is -0.486 e. The molecule has 0 saturated heterocycles. The first kappa shape index (κ1) is 18.6. The summed E-state index contributed by atoms with van der Waals surface area (Å²) in [7, 11) is -2.22. The van der Waals surface area contributed by atoms with Crippen LogP contribution in [0.15, 0.2) is 52.3 Å². The second-order valence-corrected chi connectivity index (χ2v) is 7.77. The van der Waals surface area contributed by atoms with E-state index in [-0.39, 0.29) is 15.9 Å². The lowest BCUT2D eigenvalue weighted by Crippen LogP contribution is -2.39. The van der Waals surface area contributed by atoms with Crippen LogP contribution in [0.2, 0.25) is 0 Å². The summed E-state index contributed by atoms with van der Waals surface area (Å²) in [6, 6.07) is 9.31. The van der Waals surface area contributed by atoms with Gasteiger partial charge in [0.1, 0.15) is 18.5 Å². The van der Waals surface area contributed by atoms with Crippen LogP contribution in [0, 0.1) is 5.82 Å². The minimum absolute atomic E-state index is 0.0263. The highest BCUT2D eigenvalue weighted by Crippen LogP contribution is 2.35. The van der Waals surface area contributed by atoms with Gasteiger partial charge < -0.3 is 19.5 Å². The van der Waals surface area contributed by atoms with E-state index in [0.29, 0.717) is 37.8 Å². The van der Waals surface area contributed by atoms with E-state index in [4.69, 9.17) is 14.2 Å². The standard InChI is InChI=1S/C18H20FNO5S/c1-23-8-7-20-11-14-12-24-17-6-5-16(10-18(17)25-14)26(21,22)15-4-2-3-13(19)9-15/h2-6,9-10,14,20H,7-8,11-12H2,1H3. The smallest absolute Gasteiger partial charge is 0.206 e. The highest BCUT2D eigenvalue weighted by Gasteiger charge is 2.25. The molecule has 1 atom stereocenters. The third-order valence-electron chi connectivity index (χ3n) is 3.91. The Morgan fingerprint density at radius 1 is 1.19 bits per heavy atom. The maximum atomic E-state index is 13.4. The summed E-state index contributed by atoms with van der Waals surface area (Å²) in [5.41, 5.74) is 0. The van der Waals surface area contributed by atoms with E-state index in [2.05, 4.69) is 5.32 Å². The molecule has 26 heavy (non-hydrogen) atoms. The quantitative estimate of drug-likeness (QED) is 0.740. The topological polar surface area (TPSA) is 73.9 Å². The normalized spacial score (nSPS) is 16.5. The number of halogens is 1. The second-order valence-electron chi connectivity index (χ2n) is 5.82. The second kappa shape index (κ2) is 8.03. The van der Waals surface area contributed by atoms with E-state index in [9.17, 15) is 12.8 Å². The average molecular weight is 381 g/mol. The lowest BCUT2D eigenvalue weighted by molar-refractivity contribution is 0.0880. The molecule has 0 aliphatic carbocycles. The third-order valence-corrected chi connectivity index (χ3v) is 5.65. The molecule has 0 aromatic heterocycles. The maximum absolute atomic E-state index is 13.4. The van der Waals surface area contributed by atoms with Crippen molar-refractivity contribution < 1.29 is 27.0 Å². The number of hydrogen-bond donors (Lipinski definition) is 1. The zero-order valence-corrected chi connectivity index (χ0v) is 15.1. The van der Waals surface area contributed by atoms with E-state index in [0.717, 1.165) is 6.07 Å². The number of ether oxygens (including phenoxy) is 3. The lowest BCUT2D eigenvalue weighted by atomic mass is 10.2. The molecule has 2 aromatic carbocycles. The Morgan fingerprint density at radius 2 is 2.00 bits per heavy atom. The Morgan fingerprint density at radius 3 is 2.77 bits per heavy atom. The average Bonchev–Trinajstić information content (AvgIpc) is 2.64. The Bertz CT molecular complexity index is 872. The number of rotatable bonds is 7. The summed E-state index contributed by atoms with van der Waals surface area (Å²) in [6.07, 6.45) is -0.244. The van der Waals surface area contributed by atoms with Crippen molar-refractivity contribution in [2.24, 2.45) is 0 Å². The Kier molecular flexibility index (Phi) is 5.75. The molecular weight excluding hydrogens is 361 g/mol. The van der Waals surface area contributed by atoms with Gasteiger partial charge in [-0.15, -0.1) is 0 Å². The number of fused-ring (bicyclic) bond motifs is 1. The third kappa shape index (κ3) is 4.14. The number of benzene rings is 2. The molecule has 1 N–H and O–H groups in total. The van der Waals surface area contributed by atoms with E-state index < -0.39 is 15.7 Å². The molecular formula is C18H20FNO5S. The van der Waals surface area contributed by atoms with E-state index in [1.807, 2.05) is 0 Å². The van der Waals surface area contributed by atoms with Crippen LogP contribution in [-0.2, 0) is 14.6 Å². The van der Waals surface area contributed by atoms with Crippen LogP contribution in [0.25, 0.3) is 0 Å². The first-order chi connectivity index (χ1) is 12.5. The number of methoxy groups -OCH3 is 1. The summed E-state index contributed by atoms with van der Waals surface area (Å²) in [5, 5.41) is 3.17. The van der Waals surface area contributed by atoms with Gasteiger partial charge in [0.25, 0.3) is 0 Å². The van der Waals surface area contributed by atoms with Crippen molar-refractivity contribution in [2.45, 2.75) is 15.9 Å². The lowest BCUT2D eigenvalue weighted by Gasteiger charge is -2.27. The monoisotopic (exact) mass is 381 g/mol. The SMILES string of the molecule is COCCNCC1COc2ccc(S(=O)(=O)c3cccc(F)c3)cc2O1. The van der Waals surface area contributed by atoms with Gasteiger partial charge in [-0.25, -0.2) is 12.8 Å². The Hall–Kier alpha value is -2.16. The molecule has 0 radical (unpaired) electrons. The fourth-order valence-electron chi connectivity index (χ4n) is 2.57. The Balaban J connectivity index is 1.78. The molecule has 2 aromatic rings. The molecule has 0 bridgehead atoms. The van der Waals surface area contributed by atoms with Crippen molar-refractivity contribution in [1.82, 2.24) is 5.32 Å². The fraction of sp³-hybridized carbons (Fsp3) is 0.333. The predicted molar refractivity (Wildman–Crippen MR) is 93.0 cm³/mol. The van der Waals surface area contributed by atoms with Crippen LogP contribution in [0.5, 0.6) is 11.5 Å². The zero-order valence-electron chi connectivity index (χ0n) is 14.3. The molecule has 6 nitrogen and oxygen atoms in total. The van der Waals surface area contributed by atoms with Gasteiger partial charge >= 0.3 is 0 Å². The molecule has 140 valence electrons. The fourth-order valence-corrected chi connectivity index (χ4v) is 3.88. The first-order valence-corrected chi connectivity index (χ1v) is 9.63. The van der Waals surface area contributed by atoms with Crippen LogP contribution < -0.4 is 14.8 Å². The summed E-state index contributed by atoms with van der Waals surface area (Å²) in [4.78, 5) is -0.0783. The van der Waals surface area contributed by atoms with Crippen LogP contribution in [0.1, 0.15) is 0 Å². The molecule has 3 rings (SSSR count). The molecule has 1 unspecified atom stereocenters. The van der Waals surface area contributed by atoms with Crippen LogP contribution >= 0.6 is 0 Å². The number of hydrogen-bond acceptors (Lipinski definition) is 6. The molecule has 0 spiro atoms. The summed E-state index contributed by atoms with van der Waals surface area (Å²) < 4.78 is 55.2. The van der Waals surface area contributed by atoms with Gasteiger partial charge in [-0.1, -0.05) is 6.07 Å². The van der Waals surface area contributed by atoms with Gasteiger partial charge in [-0.3, -0.25) is 0 Å². The molecule has 0 saturated carbocycles. The summed E-state index contributed by atoms with van der Waals surface area (Å²) >= 11 is 0. The maximum Gasteiger partial charge on any atom is 0.206 e. The first-order valence-electron chi connectivity index (χ1n) is 8.14. The molecule has 8 heteroatoms. The van der Waals surface area contributed by atoms with Gasteiger partial charge in [0.15, 0.2) is 11.5 Å². The van der Waals surface area contributed by atoms with Gasteiger partial charge in [-0.2, -0.15) is 0 Å². The van der Waals surface area contributed by atoms with Gasteiger partial charge in [0.05, 0.1) is 16.4 Å². The highest BCUT2D eigenvalue weighted by atomic mass is 32.2. The largest absolute Gasteiger partial charge is 0.486 e. The van der Waals surface area contributed by atoms with E-state index in [1.165, 1.54) is 30.3 Å². The summed E-state index contributed by atoms with van der Waals surface area (Å²) in [6.45, 7) is 2.17. The molecule has 1 aliphatic rings. The highest BCUT2D eigenvalue weighted by molar-refractivity contribution is 7.91. The minimum atomic E-state index is -3.84. The van der Waals surface area contributed by atoms with Crippen molar-refractivity contribution in [3.8, 4) is 11.5 Å². The predicted octanol–water partition coefficient (Wildman–Crippen LogP) is 2.03. The van der Waals surface area contributed by atoms with Gasteiger partial charge in [0, 0.05) is 26.3 Å². The van der Waals surface area contributed by atoms with Crippen molar-refractivity contribution in [1.29, 1.82) is 0 Å². The molecule has 1 aliphatic heterocycles. The molecule has 1 heterocycles. The zero-order chi connectivity index (χ0) is 18.6. The van der Waals surface area contributed by atoms with Gasteiger partial charge in [-0.05, 0) is 30.3 Å². The molecule has 0 amide bonds.